The molecule has 3 aliphatic rings. The maximum Gasteiger partial charge on any atom is 0.305 e. The van der Waals surface area contributed by atoms with E-state index in [-0.39, 0.29) is 55.9 Å². The number of nitrogens with two attached hydrogens (primary N) is 2. The van der Waals surface area contributed by atoms with Crippen LogP contribution in [-0.2, 0) is 68.0 Å². The summed E-state index contributed by atoms with van der Waals surface area (Å²) in [6.07, 6.45) is 1.06. The lowest BCUT2D eigenvalue weighted by Crippen LogP contribution is -2.45. The number of nitrogens with zero attached hydrogens (tertiary/aromatic N) is 3. The van der Waals surface area contributed by atoms with Crippen LogP contribution in [0.4, 0.5) is 0 Å². The molecule has 1 fully saturated rings. The number of benzene rings is 4. The van der Waals surface area contributed by atoms with E-state index < -0.39 is 17.9 Å². The molecule has 0 aromatic heterocycles. The van der Waals surface area contributed by atoms with Crippen molar-refractivity contribution in [1.29, 1.82) is 0 Å². The predicted octanol–water partition coefficient (Wildman–Crippen LogP) is 3.98. The molecule has 3 aliphatic heterocycles. The van der Waals surface area contributed by atoms with Gasteiger partial charge in [-0.05, 0) is 59.4 Å². The molecule has 0 radical (unpaired) electrons. The van der Waals surface area contributed by atoms with E-state index in [1.54, 1.807) is 12.1 Å². The van der Waals surface area contributed by atoms with Crippen LogP contribution in [0.3, 0.4) is 0 Å². The third kappa shape index (κ3) is 12.7. The molecule has 338 valence electrons. The van der Waals surface area contributed by atoms with Gasteiger partial charge in [-0.1, -0.05) is 60.7 Å². The lowest BCUT2D eigenvalue weighted by atomic mass is 10.1. The van der Waals surface area contributed by atoms with Crippen LogP contribution in [-0.4, -0.2) is 96.7 Å². The number of primary amides is 2. The maximum atomic E-state index is 13.2. The number of rotatable bonds is 19. The highest BCUT2D eigenvalue weighted by atomic mass is 16.5. The molecule has 0 saturated carbocycles. The van der Waals surface area contributed by atoms with Gasteiger partial charge in [0.2, 0.25) is 11.8 Å². The fourth-order valence-electron chi connectivity index (χ4n) is 7.82. The fraction of sp³-hybridized carbons (Fsp3) is 0.375. The molecular weight excluding hydrogens is 821 g/mol. The summed E-state index contributed by atoms with van der Waals surface area (Å²) in [6, 6.07) is 27.0. The van der Waals surface area contributed by atoms with Crippen molar-refractivity contribution in [1.82, 2.24) is 20.0 Å². The topological polar surface area (TPSA) is 213 Å². The molecule has 1 atom stereocenters. The quantitative estimate of drug-likeness (QED) is 0.114. The fourth-order valence-corrected chi connectivity index (χ4v) is 7.82. The third-order valence-corrected chi connectivity index (χ3v) is 11.5. The van der Waals surface area contributed by atoms with E-state index in [4.69, 9.17) is 25.7 Å². The van der Waals surface area contributed by atoms with Gasteiger partial charge in [0, 0.05) is 87.3 Å². The summed E-state index contributed by atoms with van der Waals surface area (Å²) < 4.78 is 21.3. The van der Waals surface area contributed by atoms with Gasteiger partial charge in [-0.2, -0.15) is 0 Å². The number of carbonyl (C=O) groups is 6. The SMILES string of the molecule is COC(=O)CCCC(N)=O.COC(=O)CC[C@@H](C(N)=O)N1Cc2c(OCc3ccc(CN4CCN(Cc5ccc(COc6cccc7c6CNC7=O)cc5)CC4)cc3)cccc2C1=O. The van der Waals surface area contributed by atoms with Crippen molar-refractivity contribution in [2.24, 2.45) is 11.5 Å². The Kier molecular flexibility index (Phi) is 16.4. The number of amides is 4. The molecule has 7 rings (SSSR count). The van der Waals surface area contributed by atoms with Crippen LogP contribution in [0.1, 0.15) is 86.2 Å². The lowest BCUT2D eigenvalue weighted by Gasteiger charge is -2.34. The second kappa shape index (κ2) is 22.5. The first-order valence-electron chi connectivity index (χ1n) is 21.3. The predicted molar refractivity (Wildman–Crippen MR) is 235 cm³/mol. The molecule has 0 spiro atoms. The van der Waals surface area contributed by atoms with Gasteiger partial charge < -0.3 is 40.6 Å². The number of fused-ring (bicyclic) bond motifs is 2. The van der Waals surface area contributed by atoms with Gasteiger partial charge in [-0.15, -0.1) is 0 Å². The number of hydrogen-bond donors (Lipinski definition) is 3. The van der Waals surface area contributed by atoms with Crippen molar-refractivity contribution in [3.05, 3.63) is 129 Å². The van der Waals surface area contributed by atoms with Crippen LogP contribution in [0.25, 0.3) is 0 Å². The molecular formula is C48H56N6O10. The Bertz CT molecular complexity index is 2290. The Labute approximate surface area is 372 Å². The average Bonchev–Trinajstić information content (AvgIpc) is 3.85. The molecule has 1 saturated heterocycles. The van der Waals surface area contributed by atoms with Crippen LogP contribution < -0.4 is 26.3 Å². The first-order chi connectivity index (χ1) is 30.9. The van der Waals surface area contributed by atoms with Gasteiger partial charge in [0.15, 0.2) is 0 Å². The molecule has 5 N–H and O–H groups in total. The Morgan fingerprint density at radius 1 is 0.641 bits per heavy atom. The molecule has 4 aromatic rings. The zero-order chi connectivity index (χ0) is 45.6. The summed E-state index contributed by atoms with van der Waals surface area (Å²) in [5, 5.41) is 2.86. The standard InChI is InChI=1S/C42H45N5O7.C6H11NO3/c1-52-39(48)17-16-36(40(43)49)47-25-35-33(42(47)51)5-3-7-38(35)54-27-31-14-10-29(11-15-31)24-46-20-18-45(19-21-46)23-28-8-12-30(13-9-28)26-53-37-6-2-4-32-34(37)22-44-41(32)50;1-10-6(9)4-2-3-5(7)8/h2-15,36H,16-27H2,1H3,(H2,43,49)(H,44,50);2-4H2,1H3,(H2,7,8)/t36-;/m0./s1. The van der Waals surface area contributed by atoms with Gasteiger partial charge in [-0.25, -0.2) is 0 Å². The van der Waals surface area contributed by atoms with Crippen LogP contribution in [0.5, 0.6) is 11.5 Å². The number of piperazine rings is 1. The summed E-state index contributed by atoms with van der Waals surface area (Å²) >= 11 is 0. The van der Waals surface area contributed by atoms with Crippen LogP contribution in [0, 0.1) is 0 Å². The second-order valence-electron chi connectivity index (χ2n) is 15.9. The van der Waals surface area contributed by atoms with Crippen molar-refractivity contribution in [3.8, 4) is 11.5 Å². The number of carbonyl (C=O) groups excluding carboxylic acids is 6. The van der Waals surface area contributed by atoms with Gasteiger partial charge in [0.25, 0.3) is 11.8 Å². The zero-order valence-corrected chi connectivity index (χ0v) is 36.3. The molecule has 16 nitrogen and oxygen atoms in total. The van der Waals surface area contributed by atoms with Gasteiger partial charge in [-0.3, -0.25) is 38.6 Å². The molecule has 0 aliphatic carbocycles. The minimum Gasteiger partial charge on any atom is -0.489 e. The molecule has 64 heavy (non-hydrogen) atoms. The van der Waals surface area contributed by atoms with Crippen molar-refractivity contribution < 1.29 is 47.7 Å². The zero-order valence-electron chi connectivity index (χ0n) is 36.3. The van der Waals surface area contributed by atoms with Crippen molar-refractivity contribution in [2.75, 3.05) is 40.4 Å². The van der Waals surface area contributed by atoms with E-state index in [1.807, 2.05) is 24.3 Å². The lowest BCUT2D eigenvalue weighted by molar-refractivity contribution is -0.142. The summed E-state index contributed by atoms with van der Waals surface area (Å²) in [7, 11) is 2.59. The minimum absolute atomic E-state index is 0.0186. The van der Waals surface area contributed by atoms with Crippen molar-refractivity contribution in [2.45, 2.75) is 77.5 Å². The van der Waals surface area contributed by atoms with Gasteiger partial charge in [0.1, 0.15) is 30.8 Å². The van der Waals surface area contributed by atoms with Crippen LogP contribution >= 0.6 is 0 Å². The van der Waals surface area contributed by atoms with E-state index in [0.717, 1.165) is 61.7 Å². The Morgan fingerprint density at radius 3 is 1.66 bits per heavy atom. The first-order valence-corrected chi connectivity index (χ1v) is 21.3. The van der Waals surface area contributed by atoms with Gasteiger partial charge in [0.05, 0.1) is 20.8 Å². The van der Waals surface area contributed by atoms with Crippen LogP contribution in [0.15, 0.2) is 84.9 Å². The van der Waals surface area contributed by atoms with E-state index in [2.05, 4.69) is 68.4 Å². The second-order valence-corrected chi connectivity index (χ2v) is 15.9. The monoisotopic (exact) mass is 876 g/mol. The third-order valence-electron chi connectivity index (χ3n) is 11.5. The van der Waals surface area contributed by atoms with Crippen LogP contribution in [0.2, 0.25) is 0 Å². The Balaban J connectivity index is 0.000000608. The number of nitrogens with one attached hydrogen (secondary N) is 1. The normalized spacial score (nSPS) is 14.9. The number of ether oxygens (including phenoxy) is 4. The Hall–Kier alpha value is -6.78. The van der Waals surface area contributed by atoms with E-state index in [1.165, 1.54) is 30.2 Å². The molecule has 0 unspecified atom stereocenters. The molecule has 3 heterocycles. The summed E-state index contributed by atoms with van der Waals surface area (Å²) in [4.78, 5) is 76.0. The number of hydrogen-bond acceptors (Lipinski definition) is 12. The number of methoxy groups -OCH3 is 2. The highest BCUT2D eigenvalue weighted by molar-refractivity contribution is 6.02. The highest BCUT2D eigenvalue weighted by Gasteiger charge is 2.37. The van der Waals surface area contributed by atoms with E-state index in [0.29, 0.717) is 48.6 Å². The molecule has 16 heteroatoms. The summed E-state index contributed by atoms with van der Waals surface area (Å²) in [5.74, 6) is -0.843. The molecule has 0 bridgehead atoms. The first kappa shape index (κ1) is 46.7. The van der Waals surface area contributed by atoms with E-state index in [9.17, 15) is 28.8 Å². The summed E-state index contributed by atoms with van der Waals surface area (Å²) in [5.41, 5.74) is 17.9. The Morgan fingerprint density at radius 2 is 1.14 bits per heavy atom. The summed E-state index contributed by atoms with van der Waals surface area (Å²) in [6.45, 7) is 7.21. The smallest absolute Gasteiger partial charge is 0.305 e. The van der Waals surface area contributed by atoms with Gasteiger partial charge >= 0.3 is 11.9 Å². The number of esters is 2. The highest BCUT2D eigenvalue weighted by Crippen LogP contribution is 2.34. The minimum atomic E-state index is -0.924. The largest absolute Gasteiger partial charge is 0.489 e. The van der Waals surface area contributed by atoms with Crippen molar-refractivity contribution in [3.63, 3.8) is 0 Å². The molecule has 4 amide bonds. The van der Waals surface area contributed by atoms with Crippen molar-refractivity contribution >= 4 is 35.6 Å². The molecule has 4 aromatic carbocycles. The van der Waals surface area contributed by atoms with E-state index >= 15 is 0 Å². The maximum absolute atomic E-state index is 13.2. The average molecular weight is 877 g/mol.